The third kappa shape index (κ3) is 3.70. The summed E-state index contributed by atoms with van der Waals surface area (Å²) in [5.41, 5.74) is 1.20. The van der Waals surface area contributed by atoms with Crippen LogP contribution in [0.25, 0.3) is 0 Å². The van der Waals surface area contributed by atoms with Crippen molar-refractivity contribution in [3.05, 3.63) is 0 Å². The summed E-state index contributed by atoms with van der Waals surface area (Å²) in [5.74, 6) is 4.43. The Kier molecular flexibility index (Phi) is 7.34. The van der Waals surface area contributed by atoms with E-state index in [1.165, 1.54) is 44.9 Å². The van der Waals surface area contributed by atoms with Crippen LogP contribution >= 0.6 is 0 Å². The van der Waals surface area contributed by atoms with Crippen molar-refractivity contribution in [2.45, 2.75) is 165 Å². The van der Waals surface area contributed by atoms with Gasteiger partial charge in [-0.15, -0.1) is 0 Å². The Morgan fingerprint density at radius 3 is 2.15 bits per heavy atom. The van der Waals surface area contributed by atoms with Crippen molar-refractivity contribution in [2.75, 3.05) is 0 Å². The second-order valence-electron chi connectivity index (χ2n) is 16.8. The smallest absolute Gasteiger partial charge is 0.172 e. The van der Waals surface area contributed by atoms with Crippen molar-refractivity contribution < 1.29 is 14.2 Å². The summed E-state index contributed by atoms with van der Waals surface area (Å²) in [6, 6.07) is 0. The summed E-state index contributed by atoms with van der Waals surface area (Å²) < 4.78 is 20.6. The van der Waals surface area contributed by atoms with E-state index in [0.717, 1.165) is 24.2 Å². The van der Waals surface area contributed by atoms with E-state index in [1.54, 1.807) is 0 Å². The van der Waals surface area contributed by atoms with Crippen LogP contribution in [-0.2, 0) is 14.2 Å². The molecule has 6 aliphatic rings. The van der Waals surface area contributed by atoms with Gasteiger partial charge in [-0.1, -0.05) is 62.8 Å². The Bertz CT molecular complexity index is 918. The Morgan fingerprint density at radius 2 is 1.51 bits per heavy atom. The Hall–Kier alpha value is -0.120. The first-order chi connectivity index (χ1) is 17.6. The van der Waals surface area contributed by atoms with E-state index in [4.69, 9.17) is 14.2 Å². The highest BCUT2D eigenvalue weighted by Gasteiger charge is 2.80. The summed E-state index contributed by atoms with van der Waals surface area (Å²) in [6.07, 6.45) is 11.8. The number of ether oxygens (including phenoxy) is 3. The van der Waals surface area contributed by atoms with Gasteiger partial charge in [0, 0.05) is 17.8 Å². The fourth-order valence-corrected chi connectivity index (χ4v) is 12.7. The van der Waals surface area contributed by atoms with Crippen molar-refractivity contribution >= 4 is 0 Å². The molecular formula is C36H64O3. The van der Waals surface area contributed by atoms with Crippen LogP contribution in [0, 0.1) is 63.1 Å². The Morgan fingerprint density at radius 1 is 0.821 bits per heavy atom. The summed E-state index contributed by atoms with van der Waals surface area (Å²) >= 11 is 0. The van der Waals surface area contributed by atoms with E-state index in [9.17, 15) is 0 Å². The molecule has 226 valence electrons. The molecule has 15 atom stereocenters. The van der Waals surface area contributed by atoms with Crippen LogP contribution < -0.4 is 0 Å². The highest BCUT2D eigenvalue weighted by atomic mass is 16.7. The quantitative estimate of drug-likeness (QED) is 0.346. The lowest BCUT2D eigenvalue weighted by Gasteiger charge is -2.68. The first kappa shape index (κ1) is 30.3. The van der Waals surface area contributed by atoms with Gasteiger partial charge >= 0.3 is 0 Å². The molecule has 0 aromatic rings. The molecule has 2 heterocycles. The molecule has 6 rings (SSSR count). The molecule has 12 unspecified atom stereocenters. The SMILES string of the molecule is C.CC(C)OC1CC[C@@]2(C)C(CCC3C2CC(C)[C@@]2(C)C3(C)CC3OC4(CC(C)C(C)C(C)O4)[C@@H](C)C32C)C1. The van der Waals surface area contributed by atoms with Gasteiger partial charge in [0.15, 0.2) is 5.79 Å². The zero-order valence-corrected chi connectivity index (χ0v) is 26.7. The second kappa shape index (κ2) is 9.44. The zero-order chi connectivity index (χ0) is 27.6. The molecule has 0 aromatic carbocycles. The topological polar surface area (TPSA) is 27.7 Å². The van der Waals surface area contributed by atoms with Crippen molar-refractivity contribution in [1.82, 2.24) is 0 Å². The van der Waals surface area contributed by atoms with Gasteiger partial charge in [-0.3, -0.25) is 0 Å². The Labute approximate surface area is 242 Å². The summed E-state index contributed by atoms with van der Waals surface area (Å²) in [4.78, 5) is 0. The van der Waals surface area contributed by atoms with Gasteiger partial charge in [-0.25, -0.2) is 0 Å². The molecule has 6 fully saturated rings. The second-order valence-corrected chi connectivity index (χ2v) is 16.8. The van der Waals surface area contributed by atoms with Crippen LogP contribution in [0.5, 0.6) is 0 Å². The van der Waals surface area contributed by atoms with Gasteiger partial charge in [0.25, 0.3) is 0 Å². The van der Waals surface area contributed by atoms with E-state index < -0.39 is 5.79 Å². The molecule has 0 aromatic heterocycles. The van der Waals surface area contributed by atoms with Gasteiger partial charge in [0.1, 0.15) is 0 Å². The molecule has 39 heavy (non-hydrogen) atoms. The lowest BCUT2D eigenvalue weighted by molar-refractivity contribution is -0.309. The van der Waals surface area contributed by atoms with E-state index >= 15 is 0 Å². The molecule has 1 spiro atoms. The molecule has 0 radical (unpaired) electrons. The van der Waals surface area contributed by atoms with Crippen molar-refractivity contribution in [3.63, 3.8) is 0 Å². The highest BCUT2D eigenvalue weighted by Crippen LogP contribution is 2.81. The number of hydrogen-bond donors (Lipinski definition) is 0. The first-order valence-electron chi connectivity index (χ1n) is 16.6. The van der Waals surface area contributed by atoms with Crippen LogP contribution in [0.2, 0.25) is 0 Å². The standard InChI is InChI=1S/C35H60O3.CH4/c1-20(2)36-27-14-15-31(8)26(17-27)12-13-28-29(31)16-22(4)34(11)32(28,9)19-30-33(34,10)25(7)35(38-30)18-21(3)23(5)24(6)37-35;/h20-30H,12-19H2,1-11H3;1H4/t21?,22?,23?,24?,25-,26?,27?,28?,29?,30?,31-,32?,33?,34-,35?;/m0./s1. The van der Waals surface area contributed by atoms with Crippen molar-refractivity contribution in [2.24, 2.45) is 63.1 Å². The predicted octanol–water partition coefficient (Wildman–Crippen LogP) is 9.52. The van der Waals surface area contributed by atoms with Crippen molar-refractivity contribution in [3.8, 4) is 0 Å². The fraction of sp³-hybridized carbons (Fsp3) is 1.00. The molecule has 0 amide bonds. The van der Waals surface area contributed by atoms with E-state index in [-0.39, 0.29) is 24.4 Å². The van der Waals surface area contributed by atoms with Crippen LogP contribution in [0.4, 0.5) is 0 Å². The average Bonchev–Trinajstić information content (AvgIpc) is 3.14. The lowest BCUT2D eigenvalue weighted by atomic mass is 9.36. The third-order valence-corrected chi connectivity index (χ3v) is 15.6. The van der Waals surface area contributed by atoms with E-state index in [2.05, 4.69) is 76.2 Å². The zero-order valence-electron chi connectivity index (χ0n) is 26.7. The number of fused-ring (bicyclic) bond motifs is 7. The van der Waals surface area contributed by atoms with Gasteiger partial charge in [-0.2, -0.15) is 0 Å². The van der Waals surface area contributed by atoms with E-state index in [0.29, 0.717) is 52.8 Å². The third-order valence-electron chi connectivity index (χ3n) is 15.6. The molecule has 2 saturated heterocycles. The van der Waals surface area contributed by atoms with Crippen LogP contribution in [0.15, 0.2) is 0 Å². The summed E-state index contributed by atoms with van der Waals surface area (Å²) in [7, 11) is 0. The minimum atomic E-state index is -0.399. The maximum atomic E-state index is 7.31. The number of hydrogen-bond acceptors (Lipinski definition) is 3. The minimum absolute atomic E-state index is 0. The normalized spacial score (nSPS) is 60.3. The maximum Gasteiger partial charge on any atom is 0.172 e. The minimum Gasteiger partial charge on any atom is -0.376 e. The van der Waals surface area contributed by atoms with Crippen LogP contribution in [-0.4, -0.2) is 30.2 Å². The molecular weight excluding hydrogens is 480 g/mol. The summed E-state index contributed by atoms with van der Waals surface area (Å²) in [5, 5.41) is 0. The lowest BCUT2D eigenvalue weighted by Crippen LogP contribution is -2.64. The van der Waals surface area contributed by atoms with Gasteiger partial charge in [-0.05, 0) is 117 Å². The average molecular weight is 545 g/mol. The predicted molar refractivity (Wildman–Crippen MR) is 161 cm³/mol. The molecule has 3 nitrogen and oxygen atoms in total. The largest absolute Gasteiger partial charge is 0.376 e. The molecule has 4 saturated carbocycles. The molecule has 0 N–H and O–H groups in total. The van der Waals surface area contributed by atoms with Crippen LogP contribution in [0.3, 0.4) is 0 Å². The van der Waals surface area contributed by atoms with Gasteiger partial charge < -0.3 is 14.2 Å². The van der Waals surface area contributed by atoms with Crippen molar-refractivity contribution in [1.29, 1.82) is 0 Å². The van der Waals surface area contributed by atoms with Gasteiger partial charge in [0.2, 0.25) is 0 Å². The maximum absolute atomic E-state index is 7.31. The Balaban J connectivity index is 0.00000308. The molecule has 4 aliphatic carbocycles. The van der Waals surface area contributed by atoms with Gasteiger partial charge in [0.05, 0.1) is 24.4 Å². The van der Waals surface area contributed by atoms with E-state index in [1.807, 2.05) is 0 Å². The highest BCUT2D eigenvalue weighted by molar-refractivity contribution is 5.26. The monoisotopic (exact) mass is 544 g/mol. The molecule has 0 bridgehead atoms. The molecule has 3 heteroatoms. The number of rotatable bonds is 2. The first-order valence-corrected chi connectivity index (χ1v) is 16.6. The molecule has 2 aliphatic heterocycles. The van der Waals surface area contributed by atoms with Crippen LogP contribution in [0.1, 0.15) is 135 Å². The fourth-order valence-electron chi connectivity index (χ4n) is 12.7. The summed E-state index contributed by atoms with van der Waals surface area (Å²) in [6.45, 7) is 27.4.